The van der Waals surface area contributed by atoms with Crippen LogP contribution in [0.25, 0.3) is 0 Å². The molecule has 0 radical (unpaired) electrons. The molecule has 1 aromatic heterocycles. The molecular weight excluding hydrogens is 473 g/mol. The smallest absolute Gasteiger partial charge is 0.335 e. The van der Waals surface area contributed by atoms with Crippen molar-refractivity contribution in [1.29, 1.82) is 0 Å². The van der Waals surface area contributed by atoms with Crippen LogP contribution in [-0.4, -0.2) is 42.5 Å². The maximum absolute atomic E-state index is 13.7. The Kier molecular flexibility index (Phi) is 7.18. The number of rotatable bonds is 8. The molecule has 1 aliphatic rings. The van der Waals surface area contributed by atoms with Gasteiger partial charge in [0, 0.05) is 25.7 Å². The monoisotopic (exact) mass is 501 g/mol. The second-order valence-corrected chi connectivity index (χ2v) is 10.7. The van der Waals surface area contributed by atoms with Crippen molar-refractivity contribution in [2.24, 2.45) is 5.92 Å². The van der Waals surface area contributed by atoms with Gasteiger partial charge in [-0.05, 0) is 65.4 Å². The number of carbonyl (C=O) groups is 1. The number of benzene rings is 2. The van der Waals surface area contributed by atoms with Crippen LogP contribution in [0.3, 0.4) is 0 Å². The first-order valence-corrected chi connectivity index (χ1v) is 12.9. The van der Waals surface area contributed by atoms with Gasteiger partial charge in [0.15, 0.2) is 0 Å². The summed E-state index contributed by atoms with van der Waals surface area (Å²) in [5.74, 6) is -0.849. The first-order chi connectivity index (χ1) is 16.6. The average molecular weight is 502 g/mol. The fourth-order valence-electron chi connectivity index (χ4n) is 3.94. The van der Waals surface area contributed by atoms with Gasteiger partial charge >= 0.3 is 6.01 Å². The predicted octanol–water partition coefficient (Wildman–Crippen LogP) is 3.51. The number of nitrogens with zero attached hydrogens (tertiary/aromatic N) is 3. The molecule has 0 fully saturated rings. The summed E-state index contributed by atoms with van der Waals surface area (Å²) in [4.78, 5) is 18.1. The molecule has 0 bridgehead atoms. The molecule has 0 saturated carbocycles. The van der Waals surface area contributed by atoms with Gasteiger partial charge in [0.05, 0.1) is 4.90 Å². The van der Waals surface area contributed by atoms with E-state index in [0.29, 0.717) is 13.1 Å². The molecule has 1 aliphatic heterocycles. The maximum atomic E-state index is 13.7. The summed E-state index contributed by atoms with van der Waals surface area (Å²) >= 11 is 0. The highest BCUT2D eigenvalue weighted by atomic mass is 32.2. The van der Waals surface area contributed by atoms with Crippen LogP contribution in [-0.2, 0) is 23.0 Å². The normalized spacial score (nSPS) is 15.0. The van der Waals surface area contributed by atoms with Crippen LogP contribution in [0.2, 0.25) is 0 Å². The Bertz CT molecular complexity index is 1320. The van der Waals surface area contributed by atoms with Crippen molar-refractivity contribution in [3.05, 3.63) is 70.8 Å². The van der Waals surface area contributed by atoms with E-state index in [1.54, 1.807) is 18.2 Å². The Hall–Kier alpha value is -3.31. The molecule has 11 heteroatoms. The lowest BCUT2D eigenvalue weighted by atomic mass is 9.97. The van der Waals surface area contributed by atoms with E-state index in [4.69, 9.17) is 4.52 Å². The van der Waals surface area contributed by atoms with Gasteiger partial charge in [0.2, 0.25) is 0 Å². The number of anilines is 1. The molecular formula is C24H28FN5O4S. The molecule has 1 amide bonds. The van der Waals surface area contributed by atoms with Gasteiger partial charge in [-0.2, -0.15) is 4.98 Å². The van der Waals surface area contributed by atoms with Gasteiger partial charge in [0.1, 0.15) is 5.82 Å². The minimum absolute atomic E-state index is 0.0316. The molecule has 0 spiro atoms. The fraction of sp³-hybridized carbons (Fsp3) is 0.375. The average Bonchev–Trinajstić information content (AvgIpc) is 3.29. The highest BCUT2D eigenvalue weighted by Crippen LogP contribution is 2.29. The molecule has 0 saturated heterocycles. The lowest BCUT2D eigenvalue weighted by Crippen LogP contribution is -2.33. The molecule has 1 atom stereocenters. The van der Waals surface area contributed by atoms with E-state index in [1.165, 1.54) is 18.2 Å². The molecule has 2 heterocycles. The van der Waals surface area contributed by atoms with Gasteiger partial charge in [-0.25, -0.2) is 17.5 Å². The zero-order chi connectivity index (χ0) is 25.2. The third-order valence-corrected chi connectivity index (χ3v) is 7.25. The lowest BCUT2D eigenvalue weighted by Gasteiger charge is -2.34. The molecule has 2 aromatic carbocycles. The topological polar surface area (TPSA) is 117 Å². The Morgan fingerprint density at radius 1 is 1.17 bits per heavy atom. The number of aromatic nitrogens is 2. The minimum atomic E-state index is -4.03. The second-order valence-electron chi connectivity index (χ2n) is 9.01. The Balaban J connectivity index is 1.48. The number of nitrogens with one attached hydrogen (secondary N) is 2. The number of hydrogen-bond donors (Lipinski definition) is 2. The third kappa shape index (κ3) is 5.85. The standard InChI is InChI=1S/C24H28FN5O4S/c1-15(2)13-26-23(31)22-27-24(34-28-22)29-35(32,33)21-8-7-17-9-10-30(14-19(17)12-21)16(3)18-5-4-6-20(25)11-18/h4-8,11-12,15-16H,9-10,13-14H2,1-3H3,(H,26,31)(H,27,28,29)/t16-/m1/s1. The van der Waals surface area contributed by atoms with Crippen molar-refractivity contribution in [3.63, 3.8) is 0 Å². The first-order valence-electron chi connectivity index (χ1n) is 11.4. The van der Waals surface area contributed by atoms with E-state index in [1.807, 2.05) is 26.8 Å². The van der Waals surface area contributed by atoms with Gasteiger partial charge in [-0.1, -0.05) is 32.0 Å². The van der Waals surface area contributed by atoms with E-state index in [9.17, 15) is 17.6 Å². The summed E-state index contributed by atoms with van der Waals surface area (Å²) in [6.45, 7) is 7.62. The van der Waals surface area contributed by atoms with Crippen molar-refractivity contribution in [3.8, 4) is 0 Å². The fourth-order valence-corrected chi connectivity index (χ4v) is 4.91. The summed E-state index contributed by atoms with van der Waals surface area (Å²) in [6.07, 6.45) is 0.751. The molecule has 35 heavy (non-hydrogen) atoms. The Morgan fingerprint density at radius 3 is 2.71 bits per heavy atom. The largest absolute Gasteiger partial charge is 0.349 e. The zero-order valence-corrected chi connectivity index (χ0v) is 20.6. The first kappa shape index (κ1) is 24.8. The Labute approximate surface area is 203 Å². The van der Waals surface area contributed by atoms with Crippen molar-refractivity contribution in [1.82, 2.24) is 20.4 Å². The lowest BCUT2D eigenvalue weighted by molar-refractivity contribution is 0.0935. The SMILES string of the molecule is CC(C)CNC(=O)c1noc(NS(=O)(=O)c2ccc3c(c2)CN([C@H](C)c2cccc(F)c2)CC3)n1. The number of sulfonamides is 1. The number of halogens is 1. The van der Waals surface area contributed by atoms with E-state index in [2.05, 4.69) is 25.1 Å². The third-order valence-electron chi connectivity index (χ3n) is 5.93. The number of fused-ring (bicyclic) bond motifs is 1. The summed E-state index contributed by atoms with van der Waals surface area (Å²) in [7, 11) is -4.03. The molecule has 9 nitrogen and oxygen atoms in total. The molecule has 0 unspecified atom stereocenters. The highest BCUT2D eigenvalue weighted by Gasteiger charge is 2.25. The van der Waals surface area contributed by atoms with Crippen molar-refractivity contribution >= 4 is 21.9 Å². The number of hydrogen-bond acceptors (Lipinski definition) is 7. The van der Waals surface area contributed by atoms with Crippen LogP contribution in [0.5, 0.6) is 0 Å². The summed E-state index contributed by atoms with van der Waals surface area (Å²) in [5, 5.41) is 6.19. The van der Waals surface area contributed by atoms with Gasteiger partial charge in [-0.3, -0.25) is 9.69 Å². The van der Waals surface area contributed by atoms with Crippen LogP contribution in [0.4, 0.5) is 10.4 Å². The van der Waals surface area contributed by atoms with Crippen molar-refractivity contribution in [2.45, 2.75) is 44.7 Å². The molecule has 186 valence electrons. The van der Waals surface area contributed by atoms with Crippen molar-refractivity contribution in [2.75, 3.05) is 17.8 Å². The zero-order valence-electron chi connectivity index (χ0n) is 19.8. The van der Waals surface area contributed by atoms with Crippen LogP contribution in [0, 0.1) is 11.7 Å². The van der Waals surface area contributed by atoms with Crippen molar-refractivity contribution < 1.29 is 22.1 Å². The quantitative estimate of drug-likeness (QED) is 0.485. The molecule has 2 N–H and O–H groups in total. The van der Waals surface area contributed by atoms with E-state index in [-0.39, 0.29) is 28.5 Å². The predicted molar refractivity (Wildman–Crippen MR) is 128 cm³/mol. The van der Waals surface area contributed by atoms with Gasteiger partial charge in [-0.15, -0.1) is 0 Å². The minimum Gasteiger partial charge on any atom is -0.349 e. The number of carbonyl (C=O) groups excluding carboxylic acids is 1. The van der Waals surface area contributed by atoms with E-state index >= 15 is 0 Å². The molecule has 0 aliphatic carbocycles. The highest BCUT2D eigenvalue weighted by molar-refractivity contribution is 7.92. The maximum Gasteiger partial charge on any atom is 0.335 e. The molecule has 4 rings (SSSR count). The van der Waals surface area contributed by atoms with Crippen LogP contribution in [0.1, 0.15) is 54.1 Å². The molecule has 3 aromatic rings. The number of amides is 1. The van der Waals surface area contributed by atoms with Gasteiger partial charge in [0.25, 0.3) is 21.8 Å². The van der Waals surface area contributed by atoms with Crippen LogP contribution >= 0.6 is 0 Å². The second kappa shape index (κ2) is 10.1. The Morgan fingerprint density at radius 2 is 1.97 bits per heavy atom. The van der Waals surface area contributed by atoms with Crippen LogP contribution < -0.4 is 10.0 Å². The summed E-state index contributed by atoms with van der Waals surface area (Å²) in [6, 6.07) is 11.0. The summed E-state index contributed by atoms with van der Waals surface area (Å²) < 4.78 is 46.8. The van der Waals surface area contributed by atoms with Crippen LogP contribution in [0.15, 0.2) is 51.9 Å². The van der Waals surface area contributed by atoms with Gasteiger partial charge < -0.3 is 9.84 Å². The summed E-state index contributed by atoms with van der Waals surface area (Å²) in [5.41, 5.74) is 2.80. The van der Waals surface area contributed by atoms with E-state index in [0.717, 1.165) is 29.7 Å². The van der Waals surface area contributed by atoms with E-state index < -0.39 is 21.9 Å².